The normalized spacial score (nSPS) is 10.2. The van der Waals surface area contributed by atoms with Crippen LogP contribution in [0.5, 0.6) is 0 Å². The predicted octanol–water partition coefficient (Wildman–Crippen LogP) is 3.47. The third-order valence-corrected chi connectivity index (χ3v) is 3.40. The summed E-state index contributed by atoms with van der Waals surface area (Å²) >= 11 is 9.33. The molecule has 0 radical (unpaired) electrons. The first-order chi connectivity index (χ1) is 9.16. The van der Waals surface area contributed by atoms with Crippen LogP contribution in [-0.4, -0.2) is 17.4 Å². The molecule has 0 aliphatic carbocycles. The van der Waals surface area contributed by atoms with Gasteiger partial charge in [0.05, 0.1) is 10.6 Å². The third-order valence-electron chi connectivity index (χ3n) is 2.60. The van der Waals surface area contributed by atoms with E-state index in [0.717, 1.165) is 16.5 Å². The Morgan fingerprint density at radius 2 is 2.21 bits per heavy atom. The molecule has 5 heteroatoms. The highest BCUT2D eigenvalue weighted by molar-refractivity contribution is 9.10. The quantitative estimate of drug-likeness (QED) is 0.927. The van der Waals surface area contributed by atoms with Crippen molar-refractivity contribution in [1.29, 1.82) is 0 Å². The second-order valence-corrected chi connectivity index (χ2v) is 5.31. The highest BCUT2D eigenvalue weighted by atomic mass is 79.9. The van der Waals surface area contributed by atoms with Gasteiger partial charge in [-0.25, -0.2) is 0 Å². The lowest BCUT2D eigenvalue weighted by molar-refractivity contribution is 0.0954. The van der Waals surface area contributed by atoms with E-state index in [1.165, 1.54) is 0 Å². The van der Waals surface area contributed by atoms with Crippen LogP contribution in [0.3, 0.4) is 0 Å². The number of nitrogens with zero attached hydrogens (tertiary/aromatic N) is 1. The van der Waals surface area contributed by atoms with Crippen LogP contribution in [-0.2, 0) is 6.42 Å². The lowest BCUT2D eigenvalue weighted by atomic mass is 10.2. The van der Waals surface area contributed by atoms with Gasteiger partial charge in [-0.05, 0) is 36.2 Å². The molecule has 0 saturated heterocycles. The number of aromatic nitrogens is 1. The van der Waals surface area contributed by atoms with Gasteiger partial charge in [-0.2, -0.15) is 0 Å². The first-order valence-corrected chi connectivity index (χ1v) is 6.96. The molecule has 98 valence electrons. The Kier molecular flexibility index (Phi) is 4.93. The molecule has 19 heavy (non-hydrogen) atoms. The summed E-state index contributed by atoms with van der Waals surface area (Å²) in [7, 11) is 0. The monoisotopic (exact) mass is 338 g/mol. The minimum absolute atomic E-state index is 0.165. The maximum atomic E-state index is 11.9. The van der Waals surface area contributed by atoms with Crippen LogP contribution in [0.25, 0.3) is 0 Å². The van der Waals surface area contributed by atoms with Crippen LogP contribution < -0.4 is 5.32 Å². The zero-order valence-electron chi connectivity index (χ0n) is 10.1. The lowest BCUT2D eigenvalue weighted by Crippen LogP contribution is -2.25. The van der Waals surface area contributed by atoms with Crippen molar-refractivity contribution in [3.8, 4) is 0 Å². The molecule has 1 aromatic carbocycles. The number of nitrogens with one attached hydrogen (secondary N) is 1. The molecule has 0 bridgehead atoms. The topological polar surface area (TPSA) is 42.0 Å². The van der Waals surface area contributed by atoms with Gasteiger partial charge in [0, 0.05) is 23.4 Å². The number of pyridine rings is 1. The molecular weight excluding hydrogens is 328 g/mol. The van der Waals surface area contributed by atoms with E-state index in [2.05, 4.69) is 26.2 Å². The summed E-state index contributed by atoms with van der Waals surface area (Å²) in [5.41, 5.74) is 1.57. The van der Waals surface area contributed by atoms with Gasteiger partial charge < -0.3 is 5.32 Å². The number of rotatable bonds is 4. The average Bonchev–Trinajstić information content (AvgIpc) is 2.39. The summed E-state index contributed by atoms with van der Waals surface area (Å²) in [5.74, 6) is -0.165. The van der Waals surface area contributed by atoms with Gasteiger partial charge in [-0.15, -0.1) is 0 Å². The van der Waals surface area contributed by atoms with Crippen molar-refractivity contribution < 1.29 is 4.79 Å². The SMILES string of the molecule is O=C(NCCc1cccnc1)c1ccc(Br)cc1Cl. The van der Waals surface area contributed by atoms with Crippen LogP contribution in [0.1, 0.15) is 15.9 Å². The number of halogens is 2. The summed E-state index contributed by atoms with van der Waals surface area (Å²) in [6.07, 6.45) is 4.26. The van der Waals surface area contributed by atoms with Crippen LogP contribution in [0.4, 0.5) is 0 Å². The van der Waals surface area contributed by atoms with E-state index in [4.69, 9.17) is 11.6 Å². The molecule has 1 N–H and O–H groups in total. The number of hydrogen-bond acceptors (Lipinski definition) is 2. The molecule has 0 fully saturated rings. The molecule has 2 rings (SSSR count). The van der Waals surface area contributed by atoms with Gasteiger partial charge in [0.2, 0.25) is 0 Å². The fourth-order valence-corrected chi connectivity index (χ4v) is 2.39. The van der Waals surface area contributed by atoms with E-state index in [9.17, 15) is 4.79 Å². The molecule has 3 nitrogen and oxygen atoms in total. The van der Waals surface area contributed by atoms with Crippen LogP contribution in [0, 0.1) is 0 Å². The van der Waals surface area contributed by atoms with E-state index in [0.29, 0.717) is 17.1 Å². The number of benzene rings is 1. The maximum Gasteiger partial charge on any atom is 0.252 e. The molecule has 2 aromatic rings. The summed E-state index contributed by atoms with van der Waals surface area (Å²) < 4.78 is 0.851. The van der Waals surface area contributed by atoms with Gasteiger partial charge in [0.15, 0.2) is 0 Å². The van der Waals surface area contributed by atoms with Crippen LogP contribution >= 0.6 is 27.5 Å². The van der Waals surface area contributed by atoms with Gasteiger partial charge in [0.1, 0.15) is 0 Å². The molecule has 0 atom stereocenters. The van der Waals surface area contributed by atoms with Crippen molar-refractivity contribution in [2.45, 2.75) is 6.42 Å². The number of amides is 1. The van der Waals surface area contributed by atoms with Crippen molar-refractivity contribution >= 4 is 33.4 Å². The molecule has 0 saturated carbocycles. The molecule has 0 aliphatic heterocycles. The highest BCUT2D eigenvalue weighted by Crippen LogP contribution is 2.21. The van der Waals surface area contributed by atoms with Crippen molar-refractivity contribution in [3.63, 3.8) is 0 Å². The first-order valence-electron chi connectivity index (χ1n) is 5.79. The van der Waals surface area contributed by atoms with E-state index in [-0.39, 0.29) is 5.91 Å². The van der Waals surface area contributed by atoms with Crippen molar-refractivity contribution in [2.75, 3.05) is 6.54 Å². The van der Waals surface area contributed by atoms with Gasteiger partial charge in [-0.3, -0.25) is 9.78 Å². The Morgan fingerprint density at radius 3 is 2.89 bits per heavy atom. The lowest BCUT2D eigenvalue weighted by Gasteiger charge is -2.07. The summed E-state index contributed by atoms with van der Waals surface area (Å²) in [4.78, 5) is 16.0. The van der Waals surface area contributed by atoms with E-state index < -0.39 is 0 Å². The molecular formula is C14H12BrClN2O. The molecule has 0 unspecified atom stereocenters. The minimum atomic E-state index is -0.165. The van der Waals surface area contributed by atoms with Crippen molar-refractivity contribution in [1.82, 2.24) is 10.3 Å². The van der Waals surface area contributed by atoms with E-state index >= 15 is 0 Å². The second kappa shape index (κ2) is 6.68. The Labute approximate surface area is 125 Å². The molecule has 1 aromatic heterocycles. The van der Waals surface area contributed by atoms with Gasteiger partial charge >= 0.3 is 0 Å². The smallest absolute Gasteiger partial charge is 0.252 e. The molecule has 1 amide bonds. The Balaban J connectivity index is 1.91. The Morgan fingerprint density at radius 1 is 1.37 bits per heavy atom. The summed E-state index contributed by atoms with van der Waals surface area (Å²) in [5, 5.41) is 3.28. The van der Waals surface area contributed by atoms with Crippen LogP contribution in [0.15, 0.2) is 47.2 Å². The average molecular weight is 340 g/mol. The number of hydrogen-bond donors (Lipinski definition) is 1. The fraction of sp³-hybridized carbons (Fsp3) is 0.143. The summed E-state index contributed by atoms with van der Waals surface area (Å²) in [6, 6.07) is 9.06. The zero-order chi connectivity index (χ0) is 13.7. The van der Waals surface area contributed by atoms with E-state index in [1.54, 1.807) is 30.6 Å². The van der Waals surface area contributed by atoms with Gasteiger partial charge in [-0.1, -0.05) is 33.6 Å². The predicted molar refractivity (Wildman–Crippen MR) is 79.4 cm³/mol. The third kappa shape index (κ3) is 4.04. The Bertz CT molecular complexity index is 575. The molecule has 1 heterocycles. The Hall–Kier alpha value is -1.39. The number of carbonyl (C=O) groups is 1. The number of carbonyl (C=O) groups excluding carboxylic acids is 1. The van der Waals surface area contributed by atoms with Crippen molar-refractivity contribution in [3.05, 3.63) is 63.3 Å². The van der Waals surface area contributed by atoms with Crippen LogP contribution in [0.2, 0.25) is 5.02 Å². The van der Waals surface area contributed by atoms with Gasteiger partial charge in [0.25, 0.3) is 5.91 Å². The van der Waals surface area contributed by atoms with Crippen molar-refractivity contribution in [2.24, 2.45) is 0 Å². The largest absolute Gasteiger partial charge is 0.352 e. The first kappa shape index (κ1) is 14.0. The highest BCUT2D eigenvalue weighted by Gasteiger charge is 2.09. The molecule has 0 spiro atoms. The molecule has 0 aliphatic rings. The maximum absolute atomic E-state index is 11.9. The zero-order valence-corrected chi connectivity index (χ0v) is 12.4. The standard InChI is InChI=1S/C14H12BrClN2O/c15-11-3-4-12(13(16)8-11)14(19)18-7-5-10-2-1-6-17-9-10/h1-4,6,8-9H,5,7H2,(H,18,19). The minimum Gasteiger partial charge on any atom is -0.352 e. The summed E-state index contributed by atoms with van der Waals surface area (Å²) in [6.45, 7) is 0.552. The second-order valence-electron chi connectivity index (χ2n) is 3.99. The fourth-order valence-electron chi connectivity index (χ4n) is 1.64. The van der Waals surface area contributed by atoms with E-state index in [1.807, 2.05) is 12.1 Å².